The van der Waals surface area contributed by atoms with Gasteiger partial charge >= 0.3 is 0 Å². The second-order valence-electron chi connectivity index (χ2n) is 7.27. The van der Waals surface area contributed by atoms with Gasteiger partial charge < -0.3 is 15.2 Å². The first-order valence-electron chi connectivity index (χ1n) is 10.2. The number of nitrogens with zero attached hydrogens (tertiary/aromatic N) is 2. The van der Waals surface area contributed by atoms with Gasteiger partial charge in [-0.3, -0.25) is 9.59 Å². The molecular weight excluding hydrogens is 408 g/mol. The van der Waals surface area contributed by atoms with E-state index in [1.807, 2.05) is 77.7 Å². The molecule has 0 saturated heterocycles. The minimum absolute atomic E-state index is 0.0775. The van der Waals surface area contributed by atoms with Gasteiger partial charge in [0.05, 0.1) is 15.9 Å². The van der Waals surface area contributed by atoms with Crippen molar-refractivity contribution in [1.29, 1.82) is 0 Å². The van der Waals surface area contributed by atoms with Crippen LogP contribution in [0.1, 0.15) is 39.9 Å². The highest BCUT2D eigenvalue weighted by atomic mass is 32.1. The van der Waals surface area contributed by atoms with Crippen molar-refractivity contribution in [3.63, 3.8) is 0 Å². The maximum Gasteiger partial charge on any atom is 0.261 e. The Kier molecular flexibility index (Phi) is 6.43. The number of carbonyl (C=O) groups excluding carboxylic acids is 2. The van der Waals surface area contributed by atoms with E-state index in [1.165, 1.54) is 11.3 Å². The van der Waals surface area contributed by atoms with Gasteiger partial charge in [0.2, 0.25) is 5.91 Å². The van der Waals surface area contributed by atoms with Crippen LogP contribution in [0, 0.1) is 0 Å². The fourth-order valence-electron chi connectivity index (χ4n) is 3.54. The molecule has 2 amide bonds. The van der Waals surface area contributed by atoms with E-state index in [0.29, 0.717) is 24.3 Å². The molecule has 0 radical (unpaired) electrons. The van der Waals surface area contributed by atoms with E-state index in [9.17, 15) is 9.59 Å². The van der Waals surface area contributed by atoms with Crippen LogP contribution in [0.15, 0.2) is 72.1 Å². The molecule has 0 aliphatic heterocycles. The SMILES string of the molecule is Cn1c(C(NC(=O)CCCNC(=O)c2cccs2)c2ccccc2)nc2ccccc21. The second kappa shape index (κ2) is 9.57. The van der Waals surface area contributed by atoms with Crippen LogP contribution < -0.4 is 10.6 Å². The number of aromatic nitrogens is 2. The van der Waals surface area contributed by atoms with E-state index >= 15 is 0 Å². The summed E-state index contributed by atoms with van der Waals surface area (Å²) in [7, 11) is 1.97. The average Bonchev–Trinajstić information content (AvgIpc) is 3.45. The highest BCUT2D eigenvalue weighted by Gasteiger charge is 2.22. The molecule has 0 spiro atoms. The summed E-state index contributed by atoms with van der Waals surface area (Å²) < 4.78 is 2.02. The summed E-state index contributed by atoms with van der Waals surface area (Å²) in [6.45, 7) is 0.451. The Bertz CT molecular complexity index is 1170. The van der Waals surface area contributed by atoms with Gasteiger partial charge in [0, 0.05) is 20.0 Å². The van der Waals surface area contributed by atoms with Crippen molar-refractivity contribution in [2.75, 3.05) is 6.54 Å². The number of thiophene rings is 1. The lowest BCUT2D eigenvalue weighted by Crippen LogP contribution is -2.32. The molecule has 0 aliphatic carbocycles. The minimum Gasteiger partial charge on any atom is -0.351 e. The highest BCUT2D eigenvalue weighted by molar-refractivity contribution is 7.12. The van der Waals surface area contributed by atoms with Crippen LogP contribution in [0.3, 0.4) is 0 Å². The quantitative estimate of drug-likeness (QED) is 0.413. The van der Waals surface area contributed by atoms with Crippen LogP contribution in [-0.4, -0.2) is 27.9 Å². The molecule has 31 heavy (non-hydrogen) atoms. The Hall–Kier alpha value is -3.45. The summed E-state index contributed by atoms with van der Waals surface area (Å²) in [5.41, 5.74) is 2.88. The Morgan fingerprint density at radius 3 is 2.55 bits per heavy atom. The molecule has 2 N–H and O–H groups in total. The first-order valence-corrected chi connectivity index (χ1v) is 11.1. The Morgan fingerprint density at radius 1 is 1.03 bits per heavy atom. The topological polar surface area (TPSA) is 76.0 Å². The van der Waals surface area contributed by atoms with E-state index in [-0.39, 0.29) is 17.9 Å². The molecule has 0 aliphatic rings. The Morgan fingerprint density at radius 2 is 1.81 bits per heavy atom. The number of carbonyl (C=O) groups is 2. The zero-order valence-corrected chi connectivity index (χ0v) is 18.1. The molecule has 7 heteroatoms. The van der Waals surface area contributed by atoms with Crippen molar-refractivity contribution in [1.82, 2.24) is 20.2 Å². The predicted molar refractivity (Wildman–Crippen MR) is 123 cm³/mol. The summed E-state index contributed by atoms with van der Waals surface area (Å²) in [6, 6.07) is 21.1. The number of aryl methyl sites for hydroxylation is 1. The van der Waals surface area contributed by atoms with Crippen molar-refractivity contribution in [3.05, 3.63) is 88.4 Å². The molecule has 1 atom stereocenters. The zero-order valence-electron chi connectivity index (χ0n) is 17.2. The van der Waals surface area contributed by atoms with Crippen LogP contribution in [0.2, 0.25) is 0 Å². The van der Waals surface area contributed by atoms with Crippen LogP contribution >= 0.6 is 11.3 Å². The first-order chi connectivity index (χ1) is 15.1. The van der Waals surface area contributed by atoms with Gasteiger partial charge in [-0.15, -0.1) is 11.3 Å². The number of para-hydroxylation sites is 2. The maximum atomic E-state index is 12.7. The van der Waals surface area contributed by atoms with Crippen LogP contribution in [0.25, 0.3) is 11.0 Å². The van der Waals surface area contributed by atoms with Gasteiger partial charge in [0.1, 0.15) is 11.9 Å². The third-order valence-corrected chi connectivity index (χ3v) is 6.00. The molecule has 2 aromatic carbocycles. The van der Waals surface area contributed by atoms with E-state index in [2.05, 4.69) is 10.6 Å². The van der Waals surface area contributed by atoms with Gasteiger partial charge in [-0.1, -0.05) is 48.5 Å². The van der Waals surface area contributed by atoms with Crippen molar-refractivity contribution < 1.29 is 9.59 Å². The lowest BCUT2D eigenvalue weighted by molar-refractivity contribution is -0.121. The fraction of sp³-hybridized carbons (Fsp3) is 0.208. The first kappa shape index (κ1) is 20.8. The number of fused-ring (bicyclic) bond motifs is 1. The summed E-state index contributed by atoms with van der Waals surface area (Å²) in [5, 5.41) is 7.86. The Labute approximate surface area is 184 Å². The summed E-state index contributed by atoms with van der Waals surface area (Å²) >= 11 is 1.40. The molecule has 4 rings (SSSR count). The van der Waals surface area contributed by atoms with E-state index < -0.39 is 0 Å². The largest absolute Gasteiger partial charge is 0.351 e. The second-order valence-corrected chi connectivity index (χ2v) is 8.21. The van der Waals surface area contributed by atoms with E-state index in [0.717, 1.165) is 22.4 Å². The fourth-order valence-corrected chi connectivity index (χ4v) is 4.18. The normalized spacial score (nSPS) is 11.9. The number of amides is 2. The molecule has 0 saturated carbocycles. The van der Waals surface area contributed by atoms with E-state index in [1.54, 1.807) is 6.07 Å². The summed E-state index contributed by atoms with van der Waals surface area (Å²) in [6.07, 6.45) is 0.880. The number of imidazole rings is 1. The maximum absolute atomic E-state index is 12.7. The molecule has 6 nitrogen and oxygen atoms in total. The molecule has 0 fully saturated rings. The van der Waals surface area contributed by atoms with Crippen molar-refractivity contribution >= 4 is 34.2 Å². The van der Waals surface area contributed by atoms with Gasteiger partial charge in [-0.2, -0.15) is 0 Å². The standard InChI is InChI=1S/C24H24N4O2S/c1-28-19-12-6-5-11-18(19)26-23(28)22(17-9-3-2-4-10-17)27-21(29)14-7-15-25-24(30)20-13-8-16-31-20/h2-6,8-13,16,22H,7,14-15H2,1H3,(H,25,30)(H,27,29). The van der Waals surface area contributed by atoms with Crippen molar-refractivity contribution in [2.24, 2.45) is 7.05 Å². The number of benzene rings is 2. The van der Waals surface area contributed by atoms with Crippen molar-refractivity contribution in [2.45, 2.75) is 18.9 Å². The zero-order chi connectivity index (χ0) is 21.6. The number of hydrogen-bond acceptors (Lipinski definition) is 4. The molecule has 0 bridgehead atoms. The molecule has 2 heterocycles. The third kappa shape index (κ3) is 4.83. The van der Waals surface area contributed by atoms with Crippen molar-refractivity contribution in [3.8, 4) is 0 Å². The van der Waals surface area contributed by atoms with Gasteiger partial charge in [-0.25, -0.2) is 4.98 Å². The summed E-state index contributed by atoms with van der Waals surface area (Å²) in [5.74, 6) is 0.607. The molecule has 2 aromatic heterocycles. The lowest BCUT2D eigenvalue weighted by Gasteiger charge is -2.19. The highest BCUT2D eigenvalue weighted by Crippen LogP contribution is 2.25. The van der Waals surface area contributed by atoms with Gasteiger partial charge in [0.25, 0.3) is 5.91 Å². The van der Waals surface area contributed by atoms with Crippen LogP contribution in [-0.2, 0) is 11.8 Å². The monoisotopic (exact) mass is 432 g/mol. The number of rotatable bonds is 8. The number of hydrogen-bond donors (Lipinski definition) is 2. The molecular formula is C24H24N4O2S. The predicted octanol–water partition coefficient (Wildman–Crippen LogP) is 4.05. The lowest BCUT2D eigenvalue weighted by atomic mass is 10.1. The Balaban J connectivity index is 1.43. The van der Waals surface area contributed by atoms with Crippen LogP contribution in [0.5, 0.6) is 0 Å². The average molecular weight is 433 g/mol. The smallest absolute Gasteiger partial charge is 0.261 e. The van der Waals surface area contributed by atoms with Gasteiger partial charge in [0.15, 0.2) is 0 Å². The molecule has 1 unspecified atom stereocenters. The van der Waals surface area contributed by atoms with Gasteiger partial charge in [-0.05, 0) is 35.6 Å². The molecule has 158 valence electrons. The van der Waals surface area contributed by atoms with Crippen LogP contribution in [0.4, 0.5) is 0 Å². The van der Waals surface area contributed by atoms with E-state index in [4.69, 9.17) is 4.98 Å². The molecule has 4 aromatic rings. The minimum atomic E-state index is -0.355. The summed E-state index contributed by atoms with van der Waals surface area (Å²) in [4.78, 5) is 30.2. The number of nitrogens with one attached hydrogen (secondary N) is 2. The third-order valence-electron chi connectivity index (χ3n) is 5.13.